The first-order valence-electron chi connectivity index (χ1n) is 7.24. The van der Waals surface area contributed by atoms with Crippen molar-refractivity contribution in [3.05, 3.63) is 22.2 Å². The number of benzene rings is 1. The smallest absolute Gasteiger partial charge is 0.162 e. The van der Waals surface area contributed by atoms with Crippen molar-refractivity contribution in [3.8, 4) is 11.5 Å². The molecule has 3 N–H and O–H groups in total. The SMILES string of the molecule is CCOc1cc(Br)c(CNCCCNCCO)cc1OC. The molecule has 1 rings (SSSR count). The number of halogens is 1. The van der Waals surface area contributed by atoms with Gasteiger partial charge in [-0.2, -0.15) is 0 Å². The van der Waals surface area contributed by atoms with Gasteiger partial charge in [0.2, 0.25) is 0 Å². The Labute approximate surface area is 135 Å². The van der Waals surface area contributed by atoms with Gasteiger partial charge in [0.1, 0.15) is 0 Å². The van der Waals surface area contributed by atoms with E-state index >= 15 is 0 Å². The molecular weight excluding hydrogens is 336 g/mol. The van der Waals surface area contributed by atoms with E-state index in [1.54, 1.807) is 7.11 Å². The zero-order chi connectivity index (χ0) is 15.5. The molecule has 0 spiro atoms. The van der Waals surface area contributed by atoms with Crippen molar-refractivity contribution in [1.29, 1.82) is 0 Å². The summed E-state index contributed by atoms with van der Waals surface area (Å²) in [4.78, 5) is 0. The molecular formula is C15H25BrN2O3. The highest BCUT2D eigenvalue weighted by Crippen LogP contribution is 2.33. The number of hydrogen-bond acceptors (Lipinski definition) is 5. The van der Waals surface area contributed by atoms with Crippen molar-refractivity contribution >= 4 is 15.9 Å². The van der Waals surface area contributed by atoms with E-state index in [0.717, 1.165) is 47.6 Å². The normalized spacial score (nSPS) is 10.7. The van der Waals surface area contributed by atoms with Crippen LogP contribution in [0.2, 0.25) is 0 Å². The number of methoxy groups -OCH3 is 1. The van der Waals surface area contributed by atoms with Gasteiger partial charge >= 0.3 is 0 Å². The van der Waals surface area contributed by atoms with Crippen molar-refractivity contribution in [2.24, 2.45) is 0 Å². The lowest BCUT2D eigenvalue weighted by Crippen LogP contribution is -2.24. The van der Waals surface area contributed by atoms with Gasteiger partial charge in [-0.1, -0.05) is 15.9 Å². The monoisotopic (exact) mass is 360 g/mol. The van der Waals surface area contributed by atoms with Gasteiger partial charge in [0.25, 0.3) is 0 Å². The first-order valence-corrected chi connectivity index (χ1v) is 8.03. The minimum Gasteiger partial charge on any atom is -0.493 e. The highest BCUT2D eigenvalue weighted by atomic mass is 79.9. The van der Waals surface area contributed by atoms with Gasteiger partial charge in [-0.3, -0.25) is 0 Å². The first kappa shape index (κ1) is 18.2. The average Bonchev–Trinajstić information content (AvgIpc) is 2.48. The van der Waals surface area contributed by atoms with Gasteiger partial charge in [-0.25, -0.2) is 0 Å². The maximum absolute atomic E-state index is 8.65. The van der Waals surface area contributed by atoms with Crippen LogP contribution in [-0.4, -0.2) is 45.1 Å². The number of nitrogens with one attached hydrogen (secondary N) is 2. The van der Waals surface area contributed by atoms with Gasteiger partial charge in [0, 0.05) is 17.6 Å². The van der Waals surface area contributed by atoms with Crippen molar-refractivity contribution in [2.75, 3.05) is 40.0 Å². The molecule has 0 heterocycles. The van der Waals surface area contributed by atoms with E-state index in [4.69, 9.17) is 14.6 Å². The fourth-order valence-corrected chi connectivity index (χ4v) is 2.37. The molecule has 6 heteroatoms. The number of aliphatic hydroxyl groups is 1. The summed E-state index contributed by atoms with van der Waals surface area (Å²) in [5, 5.41) is 15.2. The largest absolute Gasteiger partial charge is 0.493 e. The van der Waals surface area contributed by atoms with Crippen LogP contribution in [-0.2, 0) is 6.54 Å². The van der Waals surface area contributed by atoms with Crippen LogP contribution in [0.25, 0.3) is 0 Å². The molecule has 5 nitrogen and oxygen atoms in total. The lowest BCUT2D eigenvalue weighted by Gasteiger charge is -2.13. The second-order valence-corrected chi connectivity index (χ2v) is 5.39. The van der Waals surface area contributed by atoms with Crippen molar-refractivity contribution in [2.45, 2.75) is 19.9 Å². The third-order valence-corrected chi connectivity index (χ3v) is 3.68. The van der Waals surface area contributed by atoms with E-state index < -0.39 is 0 Å². The van der Waals surface area contributed by atoms with Crippen LogP contribution < -0.4 is 20.1 Å². The molecule has 0 aliphatic carbocycles. The fraction of sp³-hybridized carbons (Fsp3) is 0.600. The summed E-state index contributed by atoms with van der Waals surface area (Å²) in [5.74, 6) is 1.50. The zero-order valence-corrected chi connectivity index (χ0v) is 14.3. The molecule has 0 saturated heterocycles. The number of aliphatic hydroxyl groups excluding tert-OH is 1. The summed E-state index contributed by atoms with van der Waals surface area (Å²) in [6.07, 6.45) is 1.02. The van der Waals surface area contributed by atoms with Crippen LogP contribution in [0.3, 0.4) is 0 Å². The molecule has 0 saturated carbocycles. The molecule has 0 radical (unpaired) electrons. The maximum atomic E-state index is 8.65. The summed E-state index contributed by atoms with van der Waals surface area (Å²) in [7, 11) is 1.65. The van der Waals surface area contributed by atoms with E-state index in [9.17, 15) is 0 Å². The Hall–Kier alpha value is -0.820. The molecule has 0 atom stereocenters. The predicted octanol–water partition coefficient (Wildman–Crippen LogP) is 1.92. The average molecular weight is 361 g/mol. The van der Waals surface area contributed by atoms with E-state index in [-0.39, 0.29) is 6.61 Å². The van der Waals surface area contributed by atoms with Crippen LogP contribution in [0, 0.1) is 0 Å². The Kier molecular flexibility index (Phi) is 9.41. The number of hydrogen-bond donors (Lipinski definition) is 3. The molecule has 0 aromatic heterocycles. The minimum absolute atomic E-state index is 0.187. The van der Waals surface area contributed by atoms with Gasteiger partial charge < -0.3 is 25.2 Å². The van der Waals surface area contributed by atoms with E-state index in [2.05, 4.69) is 26.6 Å². The highest BCUT2D eigenvalue weighted by molar-refractivity contribution is 9.10. The third kappa shape index (κ3) is 6.65. The van der Waals surface area contributed by atoms with Crippen LogP contribution in [0.15, 0.2) is 16.6 Å². The second-order valence-electron chi connectivity index (χ2n) is 4.53. The molecule has 0 bridgehead atoms. The first-order chi connectivity index (χ1) is 10.2. The van der Waals surface area contributed by atoms with Gasteiger partial charge in [-0.15, -0.1) is 0 Å². The van der Waals surface area contributed by atoms with E-state index in [0.29, 0.717) is 13.2 Å². The van der Waals surface area contributed by atoms with Crippen LogP contribution in [0.1, 0.15) is 18.9 Å². The number of ether oxygens (including phenoxy) is 2. The zero-order valence-electron chi connectivity index (χ0n) is 12.7. The minimum atomic E-state index is 0.187. The van der Waals surface area contributed by atoms with Gasteiger partial charge in [0.05, 0.1) is 20.3 Å². The Morgan fingerprint density at radius 1 is 1.14 bits per heavy atom. The van der Waals surface area contributed by atoms with Crippen molar-refractivity contribution in [3.63, 3.8) is 0 Å². The molecule has 1 aromatic rings. The maximum Gasteiger partial charge on any atom is 0.162 e. The van der Waals surface area contributed by atoms with E-state index in [1.807, 2.05) is 19.1 Å². The summed E-state index contributed by atoms with van der Waals surface area (Å²) in [6, 6.07) is 3.94. The molecule has 0 aliphatic rings. The Balaban J connectivity index is 2.44. The molecule has 120 valence electrons. The summed E-state index contributed by atoms with van der Waals surface area (Å²) in [5.41, 5.74) is 1.14. The van der Waals surface area contributed by atoms with Crippen LogP contribution in [0.4, 0.5) is 0 Å². The third-order valence-electron chi connectivity index (χ3n) is 2.94. The molecule has 21 heavy (non-hydrogen) atoms. The standard InChI is InChI=1S/C15H25BrN2O3/c1-3-21-15-10-13(16)12(9-14(15)20-2)11-18-6-4-5-17-7-8-19/h9-10,17-19H,3-8,11H2,1-2H3. The lowest BCUT2D eigenvalue weighted by molar-refractivity contribution is 0.292. The lowest BCUT2D eigenvalue weighted by atomic mass is 10.2. The van der Waals surface area contributed by atoms with Gasteiger partial charge in [-0.05, 0) is 44.1 Å². The molecule has 0 unspecified atom stereocenters. The Morgan fingerprint density at radius 2 is 1.90 bits per heavy atom. The summed E-state index contributed by atoms with van der Waals surface area (Å²) >= 11 is 3.57. The van der Waals surface area contributed by atoms with Crippen LogP contribution in [0.5, 0.6) is 11.5 Å². The Morgan fingerprint density at radius 3 is 2.57 bits per heavy atom. The van der Waals surface area contributed by atoms with Gasteiger partial charge in [0.15, 0.2) is 11.5 Å². The van der Waals surface area contributed by atoms with Crippen LogP contribution >= 0.6 is 15.9 Å². The fourth-order valence-electron chi connectivity index (χ4n) is 1.91. The Bertz CT molecular complexity index is 416. The molecule has 0 fully saturated rings. The second kappa shape index (κ2) is 10.8. The number of rotatable bonds is 11. The quantitative estimate of drug-likeness (QED) is 0.526. The van der Waals surface area contributed by atoms with Crippen molar-refractivity contribution < 1.29 is 14.6 Å². The topological polar surface area (TPSA) is 62.8 Å². The molecule has 0 aliphatic heterocycles. The molecule has 1 aromatic carbocycles. The summed E-state index contributed by atoms with van der Waals surface area (Å²) in [6.45, 7) is 5.99. The van der Waals surface area contributed by atoms with E-state index in [1.165, 1.54) is 0 Å². The van der Waals surface area contributed by atoms with Crippen molar-refractivity contribution in [1.82, 2.24) is 10.6 Å². The summed E-state index contributed by atoms with van der Waals surface area (Å²) < 4.78 is 11.9. The predicted molar refractivity (Wildman–Crippen MR) is 88.1 cm³/mol. The molecule has 0 amide bonds. The highest BCUT2D eigenvalue weighted by Gasteiger charge is 2.09.